The van der Waals surface area contributed by atoms with Gasteiger partial charge >= 0.3 is 0 Å². The molecule has 0 saturated carbocycles. The van der Waals surface area contributed by atoms with Crippen LogP contribution in [0.4, 0.5) is 0 Å². The number of rotatable bonds is 6. The average molecular weight is 282 g/mol. The average Bonchev–Trinajstić information content (AvgIpc) is 2.49. The lowest BCUT2D eigenvalue weighted by molar-refractivity contribution is -0.0817. The molecule has 20 heavy (non-hydrogen) atoms. The van der Waals surface area contributed by atoms with Crippen LogP contribution in [-0.4, -0.2) is 42.8 Å². The number of ether oxygens (including phenoxy) is 1. The third-order valence-corrected chi connectivity index (χ3v) is 5.50. The van der Waals surface area contributed by atoms with Gasteiger partial charge in [-0.05, 0) is 51.1 Å². The van der Waals surface area contributed by atoms with Crippen molar-refractivity contribution in [2.75, 3.05) is 26.2 Å². The summed E-state index contributed by atoms with van der Waals surface area (Å²) in [5, 5.41) is 0. The Morgan fingerprint density at radius 1 is 1.15 bits per heavy atom. The SMILES string of the molecule is CCCC1CCN(C2(CN)CCOC(CCC)C2)CC1. The summed E-state index contributed by atoms with van der Waals surface area (Å²) in [6.45, 7) is 8.76. The van der Waals surface area contributed by atoms with Crippen molar-refractivity contribution in [2.24, 2.45) is 11.7 Å². The maximum Gasteiger partial charge on any atom is 0.0593 e. The molecule has 0 radical (unpaired) electrons. The van der Waals surface area contributed by atoms with Crippen LogP contribution in [0, 0.1) is 5.92 Å². The zero-order valence-electron chi connectivity index (χ0n) is 13.6. The van der Waals surface area contributed by atoms with Gasteiger partial charge < -0.3 is 10.5 Å². The Labute approximate surface area is 125 Å². The zero-order chi connectivity index (χ0) is 14.4. The van der Waals surface area contributed by atoms with Crippen molar-refractivity contribution in [3.8, 4) is 0 Å². The highest BCUT2D eigenvalue weighted by molar-refractivity contribution is 4.97. The maximum absolute atomic E-state index is 6.22. The van der Waals surface area contributed by atoms with Gasteiger partial charge in [-0.15, -0.1) is 0 Å². The number of nitrogens with two attached hydrogens (primary N) is 1. The molecule has 2 fully saturated rings. The van der Waals surface area contributed by atoms with Crippen LogP contribution in [-0.2, 0) is 4.74 Å². The topological polar surface area (TPSA) is 38.5 Å². The summed E-state index contributed by atoms with van der Waals surface area (Å²) in [6.07, 6.45) is 10.6. The van der Waals surface area contributed by atoms with Crippen molar-refractivity contribution < 1.29 is 4.74 Å². The Kier molecular flexibility index (Phi) is 6.31. The molecule has 2 heterocycles. The Hall–Kier alpha value is -0.120. The van der Waals surface area contributed by atoms with Crippen LogP contribution in [0.1, 0.15) is 65.2 Å². The van der Waals surface area contributed by atoms with Crippen LogP contribution in [0.2, 0.25) is 0 Å². The van der Waals surface area contributed by atoms with E-state index < -0.39 is 0 Å². The summed E-state index contributed by atoms with van der Waals surface area (Å²) < 4.78 is 5.94. The van der Waals surface area contributed by atoms with Crippen LogP contribution in [0.25, 0.3) is 0 Å². The molecule has 2 rings (SSSR count). The highest BCUT2D eigenvalue weighted by Crippen LogP contribution is 2.35. The summed E-state index contributed by atoms with van der Waals surface area (Å²) >= 11 is 0. The fourth-order valence-electron chi connectivity index (χ4n) is 4.21. The van der Waals surface area contributed by atoms with E-state index in [1.165, 1.54) is 51.6 Å². The second kappa shape index (κ2) is 7.77. The Balaban J connectivity index is 1.93. The molecule has 0 aliphatic carbocycles. The highest BCUT2D eigenvalue weighted by Gasteiger charge is 2.41. The fraction of sp³-hybridized carbons (Fsp3) is 1.00. The smallest absolute Gasteiger partial charge is 0.0593 e. The summed E-state index contributed by atoms with van der Waals surface area (Å²) in [6, 6.07) is 0. The Bertz CT molecular complexity index is 274. The lowest BCUT2D eigenvalue weighted by Gasteiger charge is -2.50. The largest absolute Gasteiger partial charge is 0.378 e. The quantitative estimate of drug-likeness (QED) is 0.813. The maximum atomic E-state index is 6.22. The van der Waals surface area contributed by atoms with Gasteiger partial charge in [0.2, 0.25) is 0 Å². The number of piperidine rings is 1. The Morgan fingerprint density at radius 2 is 1.85 bits per heavy atom. The predicted molar refractivity (Wildman–Crippen MR) is 84.9 cm³/mol. The molecule has 118 valence electrons. The lowest BCUT2D eigenvalue weighted by atomic mass is 9.81. The van der Waals surface area contributed by atoms with Crippen LogP contribution in [0.3, 0.4) is 0 Å². The second-order valence-electron chi connectivity index (χ2n) is 6.88. The molecule has 0 aromatic rings. The van der Waals surface area contributed by atoms with E-state index in [1.807, 2.05) is 0 Å². The van der Waals surface area contributed by atoms with E-state index in [1.54, 1.807) is 0 Å². The number of likely N-dealkylation sites (tertiary alicyclic amines) is 1. The molecular weight excluding hydrogens is 248 g/mol. The van der Waals surface area contributed by atoms with Gasteiger partial charge in [-0.3, -0.25) is 4.90 Å². The first-order valence-electron chi connectivity index (χ1n) is 8.80. The van der Waals surface area contributed by atoms with Crippen molar-refractivity contribution in [3.05, 3.63) is 0 Å². The van der Waals surface area contributed by atoms with E-state index in [9.17, 15) is 0 Å². The molecule has 2 atom stereocenters. The van der Waals surface area contributed by atoms with E-state index in [4.69, 9.17) is 10.5 Å². The first-order valence-corrected chi connectivity index (χ1v) is 8.80. The molecule has 3 heteroatoms. The number of hydrogen-bond acceptors (Lipinski definition) is 3. The van der Waals surface area contributed by atoms with Gasteiger partial charge in [-0.2, -0.15) is 0 Å². The standard InChI is InChI=1S/C17H34N2O/c1-3-5-15-7-10-19(11-8-15)17(14-18)9-12-20-16(13-17)6-4-2/h15-16H,3-14,18H2,1-2H3. The van der Waals surface area contributed by atoms with Crippen molar-refractivity contribution in [2.45, 2.75) is 76.9 Å². The molecule has 0 amide bonds. The normalized spacial score (nSPS) is 33.5. The van der Waals surface area contributed by atoms with E-state index in [0.29, 0.717) is 6.10 Å². The Morgan fingerprint density at radius 3 is 2.45 bits per heavy atom. The van der Waals surface area contributed by atoms with E-state index in [2.05, 4.69) is 18.7 Å². The molecule has 0 aromatic carbocycles. The third-order valence-electron chi connectivity index (χ3n) is 5.50. The van der Waals surface area contributed by atoms with Gasteiger partial charge in [0.05, 0.1) is 6.10 Å². The van der Waals surface area contributed by atoms with Gasteiger partial charge in [0, 0.05) is 18.7 Å². The van der Waals surface area contributed by atoms with Gasteiger partial charge in [-0.25, -0.2) is 0 Å². The predicted octanol–water partition coefficient (Wildman–Crippen LogP) is 3.18. The van der Waals surface area contributed by atoms with Gasteiger partial charge in [0.15, 0.2) is 0 Å². The monoisotopic (exact) mass is 282 g/mol. The van der Waals surface area contributed by atoms with Crippen molar-refractivity contribution in [1.82, 2.24) is 4.90 Å². The molecule has 2 saturated heterocycles. The van der Waals surface area contributed by atoms with Crippen molar-refractivity contribution in [1.29, 1.82) is 0 Å². The second-order valence-corrected chi connectivity index (χ2v) is 6.88. The first kappa shape index (κ1) is 16.3. The van der Waals surface area contributed by atoms with Crippen LogP contribution < -0.4 is 5.73 Å². The van der Waals surface area contributed by atoms with Gasteiger partial charge in [0.1, 0.15) is 0 Å². The molecule has 2 aliphatic heterocycles. The number of hydrogen-bond donors (Lipinski definition) is 1. The highest BCUT2D eigenvalue weighted by atomic mass is 16.5. The molecule has 2 N–H and O–H groups in total. The van der Waals surface area contributed by atoms with Gasteiger partial charge in [0.25, 0.3) is 0 Å². The molecular formula is C17H34N2O. The minimum atomic E-state index is 0.231. The minimum absolute atomic E-state index is 0.231. The minimum Gasteiger partial charge on any atom is -0.378 e. The third kappa shape index (κ3) is 3.75. The van der Waals surface area contributed by atoms with Gasteiger partial charge in [-0.1, -0.05) is 33.1 Å². The van der Waals surface area contributed by atoms with E-state index in [0.717, 1.165) is 31.9 Å². The number of nitrogens with zero attached hydrogens (tertiary/aromatic N) is 1. The van der Waals surface area contributed by atoms with Crippen LogP contribution in [0.5, 0.6) is 0 Å². The summed E-state index contributed by atoms with van der Waals surface area (Å²) in [4.78, 5) is 2.71. The van der Waals surface area contributed by atoms with Crippen molar-refractivity contribution in [3.63, 3.8) is 0 Å². The summed E-state index contributed by atoms with van der Waals surface area (Å²) in [7, 11) is 0. The zero-order valence-corrected chi connectivity index (χ0v) is 13.6. The van der Waals surface area contributed by atoms with Crippen molar-refractivity contribution >= 4 is 0 Å². The van der Waals surface area contributed by atoms with E-state index in [-0.39, 0.29) is 5.54 Å². The molecule has 3 nitrogen and oxygen atoms in total. The van der Waals surface area contributed by atoms with Crippen LogP contribution >= 0.6 is 0 Å². The molecule has 2 unspecified atom stereocenters. The first-order chi connectivity index (χ1) is 9.74. The molecule has 2 aliphatic rings. The van der Waals surface area contributed by atoms with Crippen LogP contribution in [0.15, 0.2) is 0 Å². The molecule has 0 spiro atoms. The van der Waals surface area contributed by atoms with E-state index >= 15 is 0 Å². The summed E-state index contributed by atoms with van der Waals surface area (Å²) in [5.74, 6) is 0.956. The summed E-state index contributed by atoms with van der Waals surface area (Å²) in [5.41, 5.74) is 6.45. The fourth-order valence-corrected chi connectivity index (χ4v) is 4.21. The lowest BCUT2D eigenvalue weighted by Crippen LogP contribution is -2.60. The molecule has 0 bridgehead atoms. The molecule has 0 aromatic heterocycles.